The number of nitrogens with zero attached hydrogens (tertiary/aromatic N) is 1. The molecule has 18 heavy (non-hydrogen) atoms. The molecule has 1 heterocycles. The summed E-state index contributed by atoms with van der Waals surface area (Å²) < 4.78 is 2.26. The van der Waals surface area contributed by atoms with Crippen molar-refractivity contribution in [2.24, 2.45) is 7.05 Å². The Morgan fingerprint density at radius 3 is 2.67 bits per heavy atom. The number of benzene rings is 1. The molecule has 0 bridgehead atoms. The van der Waals surface area contributed by atoms with Crippen LogP contribution in [0.2, 0.25) is 5.02 Å². The van der Waals surface area contributed by atoms with E-state index in [0.29, 0.717) is 0 Å². The zero-order valence-electron chi connectivity index (χ0n) is 11.6. The van der Waals surface area contributed by atoms with Gasteiger partial charge in [-0.25, -0.2) is 0 Å². The van der Waals surface area contributed by atoms with Gasteiger partial charge in [-0.05, 0) is 50.6 Å². The van der Waals surface area contributed by atoms with Gasteiger partial charge in [-0.2, -0.15) is 0 Å². The molecule has 0 amide bonds. The Morgan fingerprint density at radius 1 is 1.28 bits per heavy atom. The Labute approximate surface area is 114 Å². The lowest BCUT2D eigenvalue weighted by molar-refractivity contribution is 0.714. The quantitative estimate of drug-likeness (QED) is 0.835. The fourth-order valence-corrected chi connectivity index (χ4v) is 2.77. The Bertz CT molecular complexity index is 570. The van der Waals surface area contributed by atoms with Crippen LogP contribution in [0.15, 0.2) is 12.1 Å². The smallest absolute Gasteiger partial charge is 0.0527 e. The van der Waals surface area contributed by atoms with Crippen molar-refractivity contribution in [3.05, 3.63) is 34.0 Å². The number of rotatable bonds is 4. The Kier molecular flexibility index (Phi) is 3.98. The molecular formula is C15H21ClN2. The third-order valence-electron chi connectivity index (χ3n) is 3.77. The summed E-state index contributed by atoms with van der Waals surface area (Å²) >= 11 is 6.22. The first-order valence-corrected chi connectivity index (χ1v) is 6.89. The van der Waals surface area contributed by atoms with Crippen molar-refractivity contribution in [1.29, 1.82) is 0 Å². The molecule has 0 aliphatic rings. The Morgan fingerprint density at radius 2 is 2.00 bits per heavy atom. The number of hydrogen-bond acceptors (Lipinski definition) is 1. The second-order valence-corrected chi connectivity index (χ2v) is 5.20. The van der Waals surface area contributed by atoms with Gasteiger partial charge in [-0.1, -0.05) is 24.6 Å². The van der Waals surface area contributed by atoms with E-state index in [1.807, 2.05) is 6.07 Å². The first kappa shape index (κ1) is 13.4. The molecule has 98 valence electrons. The predicted molar refractivity (Wildman–Crippen MR) is 79.7 cm³/mol. The molecule has 2 rings (SSSR count). The number of halogens is 1. The maximum absolute atomic E-state index is 6.22. The maximum Gasteiger partial charge on any atom is 0.0527 e. The molecule has 1 aromatic carbocycles. The third-order valence-corrected chi connectivity index (χ3v) is 4.18. The van der Waals surface area contributed by atoms with Crippen molar-refractivity contribution in [2.45, 2.75) is 27.2 Å². The van der Waals surface area contributed by atoms with E-state index in [2.05, 4.69) is 43.8 Å². The van der Waals surface area contributed by atoms with E-state index in [0.717, 1.165) is 24.5 Å². The molecule has 3 heteroatoms. The molecule has 0 aliphatic heterocycles. The van der Waals surface area contributed by atoms with Crippen LogP contribution >= 0.6 is 11.6 Å². The average molecular weight is 265 g/mol. The molecule has 0 fully saturated rings. The van der Waals surface area contributed by atoms with E-state index in [1.54, 1.807) is 0 Å². The van der Waals surface area contributed by atoms with Gasteiger partial charge in [-0.15, -0.1) is 0 Å². The fourth-order valence-electron chi connectivity index (χ4n) is 2.62. The summed E-state index contributed by atoms with van der Waals surface area (Å²) in [5.74, 6) is 0. The highest BCUT2D eigenvalue weighted by atomic mass is 35.5. The number of hydrogen-bond donors (Lipinski definition) is 1. The van der Waals surface area contributed by atoms with Gasteiger partial charge in [0.25, 0.3) is 0 Å². The summed E-state index contributed by atoms with van der Waals surface area (Å²) in [6.45, 7) is 8.47. The van der Waals surface area contributed by atoms with E-state index in [4.69, 9.17) is 11.6 Å². The highest BCUT2D eigenvalue weighted by Gasteiger charge is 2.14. The predicted octanol–water partition coefficient (Wildman–Crippen LogP) is 3.60. The van der Waals surface area contributed by atoms with Crippen LogP contribution in [-0.4, -0.2) is 17.7 Å². The monoisotopic (exact) mass is 264 g/mol. The second kappa shape index (κ2) is 5.33. The van der Waals surface area contributed by atoms with Crippen molar-refractivity contribution in [2.75, 3.05) is 13.1 Å². The van der Waals surface area contributed by atoms with Gasteiger partial charge in [0.1, 0.15) is 0 Å². The average Bonchev–Trinajstić information content (AvgIpc) is 2.59. The van der Waals surface area contributed by atoms with Crippen molar-refractivity contribution in [3.63, 3.8) is 0 Å². The zero-order chi connectivity index (χ0) is 13.3. The minimum atomic E-state index is 0.848. The molecule has 1 aromatic heterocycles. The summed E-state index contributed by atoms with van der Waals surface area (Å²) in [7, 11) is 2.12. The highest BCUT2D eigenvalue weighted by Crippen LogP contribution is 2.31. The van der Waals surface area contributed by atoms with Crippen LogP contribution in [0.3, 0.4) is 0 Å². The molecule has 0 atom stereocenters. The normalized spacial score (nSPS) is 11.4. The number of aryl methyl sites for hydroxylation is 2. The molecular weight excluding hydrogens is 244 g/mol. The van der Waals surface area contributed by atoms with Crippen LogP contribution in [0.5, 0.6) is 0 Å². The van der Waals surface area contributed by atoms with Gasteiger partial charge in [-0.3, -0.25) is 0 Å². The lowest BCUT2D eigenvalue weighted by atomic mass is 10.1. The third kappa shape index (κ3) is 2.15. The molecule has 0 spiro atoms. The SMILES string of the molecule is CCNCCc1c(C)n(C)c2c(C)c(Cl)ccc12. The van der Waals surface area contributed by atoms with Gasteiger partial charge < -0.3 is 9.88 Å². The molecule has 0 saturated carbocycles. The van der Waals surface area contributed by atoms with Gasteiger partial charge in [0.2, 0.25) is 0 Å². The van der Waals surface area contributed by atoms with Crippen molar-refractivity contribution < 1.29 is 0 Å². The summed E-state index contributed by atoms with van der Waals surface area (Å²) in [6.07, 6.45) is 1.07. The molecule has 0 unspecified atom stereocenters. The first-order chi connectivity index (χ1) is 8.57. The van der Waals surface area contributed by atoms with Crippen LogP contribution in [0.1, 0.15) is 23.7 Å². The number of aromatic nitrogens is 1. The summed E-state index contributed by atoms with van der Waals surface area (Å²) in [4.78, 5) is 0. The summed E-state index contributed by atoms with van der Waals surface area (Å²) in [5.41, 5.74) is 5.22. The van der Waals surface area contributed by atoms with E-state index in [-0.39, 0.29) is 0 Å². The van der Waals surface area contributed by atoms with Crippen LogP contribution in [-0.2, 0) is 13.5 Å². The van der Waals surface area contributed by atoms with Crippen molar-refractivity contribution >= 4 is 22.5 Å². The first-order valence-electron chi connectivity index (χ1n) is 6.51. The van der Waals surface area contributed by atoms with Gasteiger partial charge in [0.05, 0.1) is 5.52 Å². The van der Waals surface area contributed by atoms with Gasteiger partial charge in [0, 0.05) is 23.2 Å². The number of fused-ring (bicyclic) bond motifs is 1. The van der Waals surface area contributed by atoms with E-state index in [9.17, 15) is 0 Å². The molecule has 2 nitrogen and oxygen atoms in total. The summed E-state index contributed by atoms with van der Waals surface area (Å²) in [5, 5.41) is 5.58. The molecule has 0 saturated heterocycles. The number of nitrogens with one attached hydrogen (secondary N) is 1. The van der Waals surface area contributed by atoms with Gasteiger partial charge in [0.15, 0.2) is 0 Å². The standard InChI is InChI=1S/C15H21ClN2/c1-5-17-9-8-12-11(3)18(4)15-10(2)14(16)7-6-13(12)15/h6-7,17H,5,8-9H2,1-4H3. The lowest BCUT2D eigenvalue weighted by Crippen LogP contribution is -2.16. The van der Waals surface area contributed by atoms with Crippen LogP contribution in [0, 0.1) is 13.8 Å². The molecule has 0 aliphatic carbocycles. The molecule has 1 N–H and O–H groups in total. The van der Waals surface area contributed by atoms with Crippen LogP contribution in [0.4, 0.5) is 0 Å². The molecule has 0 radical (unpaired) electrons. The Hall–Kier alpha value is -0.990. The Balaban J connectivity index is 2.53. The maximum atomic E-state index is 6.22. The van der Waals surface area contributed by atoms with Crippen molar-refractivity contribution in [1.82, 2.24) is 9.88 Å². The summed E-state index contributed by atoms with van der Waals surface area (Å²) in [6, 6.07) is 4.16. The zero-order valence-corrected chi connectivity index (χ0v) is 12.4. The lowest BCUT2D eigenvalue weighted by Gasteiger charge is -2.04. The highest BCUT2D eigenvalue weighted by molar-refractivity contribution is 6.32. The minimum Gasteiger partial charge on any atom is -0.347 e. The second-order valence-electron chi connectivity index (χ2n) is 4.80. The van der Waals surface area contributed by atoms with Crippen LogP contribution < -0.4 is 5.32 Å². The van der Waals surface area contributed by atoms with E-state index >= 15 is 0 Å². The topological polar surface area (TPSA) is 17.0 Å². The van der Waals surface area contributed by atoms with E-state index < -0.39 is 0 Å². The van der Waals surface area contributed by atoms with Crippen LogP contribution in [0.25, 0.3) is 10.9 Å². The van der Waals surface area contributed by atoms with Gasteiger partial charge >= 0.3 is 0 Å². The fraction of sp³-hybridized carbons (Fsp3) is 0.467. The van der Waals surface area contributed by atoms with E-state index in [1.165, 1.54) is 27.7 Å². The molecule has 2 aromatic rings. The number of likely N-dealkylation sites (N-methyl/N-ethyl adjacent to an activating group) is 1. The largest absolute Gasteiger partial charge is 0.347 e. The minimum absolute atomic E-state index is 0.848. The van der Waals surface area contributed by atoms with Crippen molar-refractivity contribution in [3.8, 4) is 0 Å².